The van der Waals surface area contributed by atoms with Gasteiger partial charge in [-0.2, -0.15) is 13.2 Å². The lowest BCUT2D eigenvalue weighted by atomic mass is 9.92. The summed E-state index contributed by atoms with van der Waals surface area (Å²) in [6.45, 7) is 4.51. The lowest BCUT2D eigenvalue weighted by Crippen LogP contribution is -2.41. The molecule has 1 aliphatic heterocycles. The van der Waals surface area contributed by atoms with E-state index in [0.29, 0.717) is 6.54 Å². The average molecular weight is 352 g/mol. The molecule has 0 radical (unpaired) electrons. The summed E-state index contributed by atoms with van der Waals surface area (Å²) in [5, 5.41) is 0. The minimum Gasteiger partial charge on any atom is -0.339 e. The van der Waals surface area contributed by atoms with Crippen LogP contribution in [-0.2, 0) is 16.2 Å². The van der Waals surface area contributed by atoms with Crippen LogP contribution < -0.4 is 9.62 Å². The number of anilines is 1. The molecular formula is C13H19F3N4O2S. The topological polar surface area (TPSA) is 75.2 Å². The number of alkyl halides is 3. The van der Waals surface area contributed by atoms with Gasteiger partial charge in [-0.3, -0.25) is 0 Å². The van der Waals surface area contributed by atoms with E-state index in [1.807, 2.05) is 13.8 Å². The van der Waals surface area contributed by atoms with E-state index in [1.165, 1.54) is 0 Å². The summed E-state index contributed by atoms with van der Waals surface area (Å²) in [6, 6.07) is 0.425. The van der Waals surface area contributed by atoms with Crippen LogP contribution in [0.1, 0.15) is 19.5 Å². The Bertz CT molecular complexity index is 663. The minimum atomic E-state index is -4.54. The lowest BCUT2D eigenvalue weighted by Gasteiger charge is -2.21. The molecule has 1 N–H and O–H groups in total. The van der Waals surface area contributed by atoms with Crippen LogP contribution >= 0.6 is 0 Å². The molecule has 1 saturated heterocycles. The van der Waals surface area contributed by atoms with Crippen LogP contribution in [0.5, 0.6) is 0 Å². The molecule has 2 atom stereocenters. The zero-order chi connectivity index (χ0) is 17.4. The number of nitrogens with zero attached hydrogens (tertiary/aromatic N) is 3. The maximum Gasteiger partial charge on any atom is 0.433 e. The molecule has 0 aromatic carbocycles. The molecular weight excluding hydrogens is 333 g/mol. The average Bonchev–Trinajstić information content (AvgIpc) is 2.79. The van der Waals surface area contributed by atoms with Crippen LogP contribution in [-0.4, -0.2) is 43.8 Å². The monoisotopic (exact) mass is 352 g/mol. The van der Waals surface area contributed by atoms with Crippen LogP contribution in [0.25, 0.3) is 0 Å². The lowest BCUT2D eigenvalue weighted by molar-refractivity contribution is -0.141. The van der Waals surface area contributed by atoms with Crippen LogP contribution in [0.2, 0.25) is 0 Å². The Labute approximate surface area is 133 Å². The molecule has 10 heteroatoms. The number of nitrogens with one attached hydrogen (secondary N) is 1. The van der Waals surface area contributed by atoms with E-state index in [2.05, 4.69) is 14.7 Å². The van der Waals surface area contributed by atoms with Crippen molar-refractivity contribution in [2.75, 3.05) is 24.2 Å². The van der Waals surface area contributed by atoms with Gasteiger partial charge < -0.3 is 4.90 Å². The third kappa shape index (κ3) is 4.54. The third-order valence-corrected chi connectivity index (χ3v) is 4.53. The van der Waals surface area contributed by atoms with Gasteiger partial charge in [0.2, 0.25) is 16.0 Å². The Hall–Kier alpha value is -1.42. The van der Waals surface area contributed by atoms with Crippen LogP contribution in [0.4, 0.5) is 19.1 Å². The molecule has 2 rings (SSSR count). The SMILES string of the molecule is CC(C)[C@H]1CN(c2nccc(C(F)(F)F)n2)C[C@@H]1NS(C)(=O)=O. The Morgan fingerprint density at radius 3 is 2.52 bits per heavy atom. The molecule has 0 spiro atoms. The van der Waals surface area contributed by atoms with E-state index in [9.17, 15) is 21.6 Å². The summed E-state index contributed by atoms with van der Waals surface area (Å²) in [5.41, 5.74) is -1.01. The second-order valence-electron chi connectivity index (χ2n) is 6.05. The molecule has 2 heterocycles. The van der Waals surface area contributed by atoms with Crippen molar-refractivity contribution in [3.8, 4) is 0 Å². The van der Waals surface area contributed by atoms with Crippen molar-refractivity contribution >= 4 is 16.0 Å². The number of aromatic nitrogens is 2. The molecule has 1 fully saturated rings. The van der Waals surface area contributed by atoms with Gasteiger partial charge in [0, 0.05) is 25.3 Å². The fourth-order valence-corrected chi connectivity index (χ4v) is 3.53. The summed E-state index contributed by atoms with van der Waals surface area (Å²) in [7, 11) is -3.41. The molecule has 1 aromatic heterocycles. The zero-order valence-corrected chi connectivity index (χ0v) is 13.8. The summed E-state index contributed by atoms with van der Waals surface area (Å²) in [4.78, 5) is 9.05. The highest BCUT2D eigenvalue weighted by atomic mass is 32.2. The number of hydrogen-bond acceptors (Lipinski definition) is 5. The first-order valence-electron chi connectivity index (χ1n) is 7.10. The third-order valence-electron chi connectivity index (χ3n) is 3.80. The fourth-order valence-electron chi connectivity index (χ4n) is 2.73. The van der Waals surface area contributed by atoms with Gasteiger partial charge in [0.1, 0.15) is 5.69 Å². The van der Waals surface area contributed by atoms with Crippen LogP contribution in [0.3, 0.4) is 0 Å². The van der Waals surface area contributed by atoms with Crippen molar-refractivity contribution in [2.45, 2.75) is 26.1 Å². The molecule has 0 aliphatic carbocycles. The van der Waals surface area contributed by atoms with E-state index in [0.717, 1.165) is 18.5 Å². The maximum absolute atomic E-state index is 12.8. The van der Waals surface area contributed by atoms with Crippen LogP contribution in [0.15, 0.2) is 12.3 Å². The second-order valence-corrected chi connectivity index (χ2v) is 7.83. The summed E-state index contributed by atoms with van der Waals surface area (Å²) in [5.74, 6) is 0.0798. The second kappa shape index (κ2) is 6.23. The number of hydrogen-bond donors (Lipinski definition) is 1. The van der Waals surface area contributed by atoms with Crippen LogP contribution in [0, 0.1) is 11.8 Å². The van der Waals surface area contributed by atoms with Gasteiger partial charge in [-0.25, -0.2) is 23.1 Å². The first kappa shape index (κ1) is 17.9. The minimum absolute atomic E-state index is 0.0386. The molecule has 6 nitrogen and oxygen atoms in total. The molecule has 0 bridgehead atoms. The van der Waals surface area contributed by atoms with Gasteiger partial charge in [0.05, 0.1) is 6.26 Å². The number of sulfonamides is 1. The van der Waals surface area contributed by atoms with Gasteiger partial charge >= 0.3 is 6.18 Å². The van der Waals surface area contributed by atoms with Crippen molar-refractivity contribution in [1.29, 1.82) is 0 Å². The zero-order valence-electron chi connectivity index (χ0n) is 13.0. The molecule has 1 aliphatic rings. The van der Waals surface area contributed by atoms with Crippen molar-refractivity contribution in [2.24, 2.45) is 11.8 Å². The Morgan fingerprint density at radius 1 is 1.35 bits per heavy atom. The first-order valence-corrected chi connectivity index (χ1v) is 8.99. The Balaban J connectivity index is 2.25. The molecule has 1 aromatic rings. The number of halogens is 3. The van der Waals surface area contributed by atoms with Gasteiger partial charge in [-0.05, 0) is 17.9 Å². The van der Waals surface area contributed by atoms with E-state index < -0.39 is 21.9 Å². The maximum atomic E-state index is 12.8. The van der Waals surface area contributed by atoms with E-state index >= 15 is 0 Å². The highest BCUT2D eigenvalue weighted by molar-refractivity contribution is 7.88. The van der Waals surface area contributed by atoms with Gasteiger partial charge in [0.25, 0.3) is 0 Å². The predicted molar refractivity (Wildman–Crippen MR) is 79.3 cm³/mol. The smallest absolute Gasteiger partial charge is 0.339 e. The molecule has 0 unspecified atom stereocenters. The summed E-state index contributed by atoms with van der Waals surface area (Å²) >= 11 is 0. The Kier molecular flexibility index (Phi) is 4.86. The van der Waals surface area contributed by atoms with E-state index in [4.69, 9.17) is 0 Å². The van der Waals surface area contributed by atoms with E-state index in [1.54, 1.807) is 4.90 Å². The molecule has 0 amide bonds. The van der Waals surface area contributed by atoms with Crippen molar-refractivity contribution < 1.29 is 21.6 Å². The first-order chi connectivity index (χ1) is 10.5. The van der Waals surface area contributed by atoms with Crippen molar-refractivity contribution in [3.63, 3.8) is 0 Å². The van der Waals surface area contributed by atoms with Gasteiger partial charge in [-0.15, -0.1) is 0 Å². The molecule has 130 valence electrons. The predicted octanol–water partition coefficient (Wildman–Crippen LogP) is 1.51. The molecule has 23 heavy (non-hydrogen) atoms. The fraction of sp³-hybridized carbons (Fsp3) is 0.692. The highest BCUT2D eigenvalue weighted by Gasteiger charge is 2.38. The standard InChI is InChI=1S/C13H19F3N4O2S/c1-8(2)9-6-20(7-10(9)19-23(3,21)22)12-17-5-4-11(18-12)13(14,15)16/h4-5,8-10,19H,6-7H2,1-3H3/t9-,10+/m1/s1. The quantitative estimate of drug-likeness (QED) is 0.889. The Morgan fingerprint density at radius 2 is 2.00 bits per heavy atom. The summed E-state index contributed by atoms with van der Waals surface area (Å²) in [6.07, 6.45) is -2.42. The van der Waals surface area contributed by atoms with Crippen molar-refractivity contribution in [1.82, 2.24) is 14.7 Å². The molecule has 0 saturated carbocycles. The van der Waals surface area contributed by atoms with Gasteiger partial charge in [0.15, 0.2) is 0 Å². The van der Waals surface area contributed by atoms with Crippen molar-refractivity contribution in [3.05, 3.63) is 18.0 Å². The highest BCUT2D eigenvalue weighted by Crippen LogP contribution is 2.31. The largest absolute Gasteiger partial charge is 0.433 e. The number of rotatable bonds is 4. The van der Waals surface area contributed by atoms with E-state index in [-0.39, 0.29) is 30.4 Å². The van der Waals surface area contributed by atoms with Gasteiger partial charge in [-0.1, -0.05) is 13.8 Å². The summed E-state index contributed by atoms with van der Waals surface area (Å²) < 4.78 is 63.8. The normalized spacial score (nSPS) is 22.8.